The Bertz CT molecular complexity index is 447. The van der Waals surface area contributed by atoms with Crippen LogP contribution in [0.4, 0.5) is 0 Å². The van der Waals surface area contributed by atoms with Crippen LogP contribution < -0.4 is 24.8 Å². The molecule has 2 aromatic rings. The van der Waals surface area contributed by atoms with E-state index in [1.165, 1.54) is 11.1 Å². The first-order valence-corrected chi connectivity index (χ1v) is 7.03. The third kappa shape index (κ3) is 11.1. The molecule has 0 saturated carbocycles. The molecule has 0 aliphatic rings. The maximum absolute atomic E-state index is 4.04. The van der Waals surface area contributed by atoms with E-state index in [2.05, 4.69) is 65.8 Å². The molecule has 0 nitrogen and oxygen atoms in total. The van der Waals surface area contributed by atoms with Crippen LogP contribution >= 0.6 is 0 Å². The van der Waals surface area contributed by atoms with E-state index in [0.29, 0.717) is 0 Å². The molecule has 0 atom stereocenters. The summed E-state index contributed by atoms with van der Waals surface area (Å²) in [6.45, 7) is 16.5. The Morgan fingerprint density at radius 2 is 0.783 bits per heavy atom. The minimum atomic E-state index is 0. The normalized spacial score (nSPS) is 10.0. The van der Waals surface area contributed by atoms with Crippen LogP contribution in [0.25, 0.3) is 0 Å². The summed E-state index contributed by atoms with van der Waals surface area (Å²) in [6, 6.07) is 20.6. The number of benzene rings is 2. The minimum Gasteiger partial charge on any atom is -1.00 e. The molecule has 23 heavy (non-hydrogen) atoms. The van der Waals surface area contributed by atoms with Gasteiger partial charge in [0.15, 0.2) is 0 Å². The van der Waals surface area contributed by atoms with Gasteiger partial charge in [0.2, 0.25) is 0 Å². The molecule has 0 unspecified atom stereocenters. The molecule has 0 N–H and O–H groups in total. The average Bonchev–Trinajstić information content (AvgIpc) is 2.40. The van der Waals surface area contributed by atoms with Crippen molar-refractivity contribution >= 4 is 0 Å². The van der Waals surface area contributed by atoms with Gasteiger partial charge in [0.25, 0.3) is 0 Å². The Labute approximate surface area is 174 Å². The fraction of sp³-hybridized carbons (Fsp3) is 0.300. The summed E-state index contributed by atoms with van der Waals surface area (Å²) in [5.74, 6) is 0. The smallest absolute Gasteiger partial charge is 1.00 e. The predicted octanol–water partition coefficient (Wildman–Crippen LogP) is -0.398. The molecule has 0 aromatic heterocycles. The maximum atomic E-state index is 4.04. The topological polar surface area (TPSA) is 0 Å². The second kappa shape index (κ2) is 12.3. The zero-order valence-electron chi connectivity index (χ0n) is 14.4. The molecule has 2 rings (SSSR count). The van der Waals surface area contributed by atoms with Crippen molar-refractivity contribution in [2.75, 3.05) is 0 Å². The van der Waals surface area contributed by atoms with Gasteiger partial charge in [0, 0.05) is 0 Å². The summed E-state index contributed by atoms with van der Waals surface area (Å²) in [7, 11) is 0. The largest absolute Gasteiger partial charge is 4.00 e. The van der Waals surface area contributed by atoms with E-state index >= 15 is 0 Å². The number of halogens is 2. The molecule has 0 saturated heterocycles. The van der Waals surface area contributed by atoms with Gasteiger partial charge >= 0.3 is 26.2 Å². The van der Waals surface area contributed by atoms with Gasteiger partial charge in [0.1, 0.15) is 0 Å². The van der Waals surface area contributed by atoms with Crippen molar-refractivity contribution in [2.45, 2.75) is 38.5 Å². The summed E-state index contributed by atoms with van der Waals surface area (Å²) < 4.78 is 0. The van der Waals surface area contributed by atoms with E-state index in [1.54, 1.807) is 0 Å². The first-order chi connectivity index (χ1) is 9.21. The first-order valence-electron chi connectivity index (χ1n) is 7.03. The van der Waals surface area contributed by atoms with Gasteiger partial charge in [0.05, 0.1) is 0 Å². The molecule has 0 aliphatic heterocycles. The van der Waals surface area contributed by atoms with Gasteiger partial charge < -0.3 is 38.7 Å². The van der Waals surface area contributed by atoms with E-state index in [0.717, 1.165) is 0 Å². The molecule has 2 aromatic carbocycles. The number of rotatable bonds is 2. The molecule has 0 fully saturated rings. The third-order valence-electron chi connectivity index (χ3n) is 3.11. The average molecular weight is 429 g/mol. The Hall–Kier alpha value is -0.0969. The Morgan fingerprint density at radius 3 is 0.913 bits per heavy atom. The number of hydrogen-bond donors (Lipinski definition) is 0. The van der Waals surface area contributed by atoms with Crippen LogP contribution in [0, 0.1) is 13.8 Å². The van der Waals surface area contributed by atoms with Crippen LogP contribution in [0.5, 0.6) is 0 Å². The zero-order valence-corrected chi connectivity index (χ0v) is 18.4. The van der Waals surface area contributed by atoms with E-state index in [4.69, 9.17) is 0 Å². The van der Waals surface area contributed by atoms with Gasteiger partial charge in [-0.05, 0) is 0 Å². The number of hydrogen-bond acceptors (Lipinski definition) is 0. The molecule has 0 radical (unpaired) electrons. The summed E-state index contributed by atoms with van der Waals surface area (Å²) >= 11 is 0. The SMILES string of the molecule is [CH2-]C(C)(C)c1ccccc1.[CH2-]C(C)(C)c1ccccc1.[Cl-].[Cl-].[Zr+4]. The van der Waals surface area contributed by atoms with Gasteiger partial charge in [-0.25, -0.2) is 0 Å². The van der Waals surface area contributed by atoms with Crippen LogP contribution in [0.3, 0.4) is 0 Å². The van der Waals surface area contributed by atoms with Crippen molar-refractivity contribution in [2.24, 2.45) is 0 Å². The predicted molar refractivity (Wildman–Crippen MR) is 89.7 cm³/mol. The summed E-state index contributed by atoms with van der Waals surface area (Å²) in [4.78, 5) is 0. The zero-order chi connectivity index (χ0) is 15.2. The van der Waals surface area contributed by atoms with E-state index < -0.39 is 0 Å². The molecule has 124 valence electrons. The van der Waals surface area contributed by atoms with Crippen molar-refractivity contribution < 1.29 is 51.0 Å². The molecule has 0 bridgehead atoms. The maximum Gasteiger partial charge on any atom is 4.00 e. The van der Waals surface area contributed by atoms with E-state index in [-0.39, 0.29) is 61.8 Å². The molecule has 3 heteroatoms. The van der Waals surface area contributed by atoms with Crippen LogP contribution in [-0.2, 0) is 37.0 Å². The summed E-state index contributed by atoms with van der Waals surface area (Å²) in [5, 5.41) is 0. The molecule has 0 spiro atoms. The summed E-state index contributed by atoms with van der Waals surface area (Å²) in [6.07, 6.45) is 0. The van der Waals surface area contributed by atoms with Crippen LogP contribution in [0.1, 0.15) is 38.8 Å². The molecule has 0 amide bonds. The molecular weight excluding hydrogens is 402 g/mol. The van der Waals surface area contributed by atoms with E-state index in [9.17, 15) is 0 Å². The van der Waals surface area contributed by atoms with Crippen LogP contribution in [0.15, 0.2) is 60.7 Å². The molecule has 0 aliphatic carbocycles. The van der Waals surface area contributed by atoms with E-state index in [1.807, 2.05) is 36.4 Å². The van der Waals surface area contributed by atoms with Crippen molar-refractivity contribution in [3.8, 4) is 0 Å². The Kier molecular flexibility index (Phi) is 14.8. The fourth-order valence-corrected chi connectivity index (χ4v) is 1.78. The van der Waals surface area contributed by atoms with Crippen molar-refractivity contribution in [1.29, 1.82) is 0 Å². The third-order valence-corrected chi connectivity index (χ3v) is 3.11. The summed E-state index contributed by atoms with van der Waals surface area (Å²) in [5.41, 5.74) is 2.66. The Morgan fingerprint density at radius 1 is 0.565 bits per heavy atom. The second-order valence-corrected chi connectivity index (χ2v) is 6.50. The molecule has 0 heterocycles. The van der Waals surface area contributed by atoms with Gasteiger partial charge in [-0.3, -0.25) is 0 Å². The quantitative estimate of drug-likeness (QED) is 0.572. The van der Waals surface area contributed by atoms with Crippen molar-refractivity contribution in [3.63, 3.8) is 0 Å². The van der Waals surface area contributed by atoms with Gasteiger partial charge in [-0.1, -0.05) is 99.5 Å². The first kappa shape index (κ1) is 27.7. The second-order valence-electron chi connectivity index (χ2n) is 6.50. The fourth-order valence-electron chi connectivity index (χ4n) is 1.78. The standard InChI is InChI=1S/2C10H13.2ClH.Zr/c2*1-10(2,3)9-7-5-4-6-8-9;;;/h2*4-8H,1H2,2-3H3;2*1H;/q2*-1;;;+4/p-2. The minimum absolute atomic E-state index is 0. The van der Waals surface area contributed by atoms with Crippen LogP contribution in [-0.4, -0.2) is 0 Å². The molecular formula is C20H26Cl2Zr. The van der Waals surface area contributed by atoms with Gasteiger partial charge in [-0.2, -0.15) is 0 Å². The monoisotopic (exact) mass is 426 g/mol. The van der Waals surface area contributed by atoms with Crippen molar-refractivity contribution in [1.82, 2.24) is 0 Å². The van der Waals surface area contributed by atoms with Gasteiger partial charge in [-0.15, -0.1) is 10.8 Å². The van der Waals surface area contributed by atoms with Crippen LogP contribution in [0.2, 0.25) is 0 Å². The Balaban J connectivity index is -0.000000308. The van der Waals surface area contributed by atoms with Crippen molar-refractivity contribution in [3.05, 3.63) is 85.6 Å².